The molecule has 21 heavy (non-hydrogen) atoms. The molecule has 0 amide bonds. The van der Waals surface area contributed by atoms with E-state index in [-0.39, 0.29) is 0 Å². The highest BCUT2D eigenvalue weighted by atomic mass is 15.3. The van der Waals surface area contributed by atoms with Crippen molar-refractivity contribution in [3.63, 3.8) is 0 Å². The molecule has 1 heterocycles. The lowest BCUT2D eigenvalue weighted by molar-refractivity contribution is 0.433. The van der Waals surface area contributed by atoms with Gasteiger partial charge in [0.2, 0.25) is 0 Å². The van der Waals surface area contributed by atoms with Crippen LogP contribution in [0.3, 0.4) is 0 Å². The third-order valence-electron chi connectivity index (χ3n) is 4.76. The molecule has 112 valence electrons. The summed E-state index contributed by atoms with van der Waals surface area (Å²) < 4.78 is 2.05. The average molecular weight is 283 g/mol. The second kappa shape index (κ2) is 5.64. The van der Waals surface area contributed by atoms with Gasteiger partial charge < -0.3 is 5.32 Å². The molecule has 2 aromatic rings. The summed E-state index contributed by atoms with van der Waals surface area (Å²) in [6.45, 7) is 4.33. The SMILES string of the molecule is CNC(Cc1ccn(C(C)C)n1)C1(c2ccccc2)CC1. The predicted octanol–water partition coefficient (Wildman–Crippen LogP) is 3.33. The van der Waals surface area contributed by atoms with Gasteiger partial charge in [0.05, 0.1) is 5.69 Å². The van der Waals surface area contributed by atoms with Crippen LogP contribution in [0.4, 0.5) is 0 Å². The molecular weight excluding hydrogens is 258 g/mol. The fourth-order valence-corrected chi connectivity index (χ4v) is 3.30. The van der Waals surface area contributed by atoms with Gasteiger partial charge in [0, 0.05) is 30.1 Å². The molecule has 1 N–H and O–H groups in total. The van der Waals surface area contributed by atoms with Crippen LogP contribution in [0.5, 0.6) is 0 Å². The monoisotopic (exact) mass is 283 g/mol. The van der Waals surface area contributed by atoms with Crippen molar-refractivity contribution in [1.29, 1.82) is 0 Å². The fraction of sp³-hybridized carbons (Fsp3) is 0.500. The maximum absolute atomic E-state index is 4.71. The Morgan fingerprint density at radius 3 is 2.43 bits per heavy atom. The van der Waals surface area contributed by atoms with Crippen molar-refractivity contribution in [3.8, 4) is 0 Å². The van der Waals surface area contributed by atoms with E-state index in [0.717, 1.165) is 6.42 Å². The highest BCUT2D eigenvalue weighted by Crippen LogP contribution is 2.51. The number of benzene rings is 1. The first kappa shape index (κ1) is 14.3. The fourth-order valence-electron chi connectivity index (χ4n) is 3.30. The molecule has 0 radical (unpaired) electrons. The Hall–Kier alpha value is -1.61. The number of hydrogen-bond acceptors (Lipinski definition) is 2. The molecule has 1 atom stereocenters. The Bertz CT molecular complexity index is 582. The number of nitrogens with one attached hydrogen (secondary N) is 1. The zero-order chi connectivity index (χ0) is 14.9. The molecule has 3 nitrogen and oxygen atoms in total. The van der Waals surface area contributed by atoms with Crippen molar-refractivity contribution in [1.82, 2.24) is 15.1 Å². The third kappa shape index (κ3) is 2.75. The van der Waals surface area contributed by atoms with Gasteiger partial charge in [-0.3, -0.25) is 4.68 Å². The smallest absolute Gasteiger partial charge is 0.0640 e. The van der Waals surface area contributed by atoms with Crippen LogP contribution in [0.2, 0.25) is 0 Å². The summed E-state index contributed by atoms with van der Waals surface area (Å²) in [5.41, 5.74) is 2.95. The van der Waals surface area contributed by atoms with E-state index in [2.05, 4.69) is 68.8 Å². The number of nitrogens with zero attached hydrogens (tertiary/aromatic N) is 2. The second-order valence-corrected chi connectivity index (χ2v) is 6.45. The van der Waals surface area contributed by atoms with Crippen LogP contribution in [0, 0.1) is 0 Å². The minimum absolute atomic E-state index is 0.303. The topological polar surface area (TPSA) is 29.9 Å². The highest BCUT2D eigenvalue weighted by Gasteiger charge is 2.50. The summed E-state index contributed by atoms with van der Waals surface area (Å²) in [6, 6.07) is 14.0. The first-order valence-corrected chi connectivity index (χ1v) is 7.92. The van der Waals surface area contributed by atoms with Crippen LogP contribution in [-0.4, -0.2) is 22.9 Å². The summed E-state index contributed by atoms with van der Waals surface area (Å²) in [5.74, 6) is 0. The van der Waals surface area contributed by atoms with Gasteiger partial charge in [-0.25, -0.2) is 0 Å². The van der Waals surface area contributed by atoms with Gasteiger partial charge >= 0.3 is 0 Å². The van der Waals surface area contributed by atoms with Crippen LogP contribution >= 0.6 is 0 Å². The van der Waals surface area contributed by atoms with Crippen LogP contribution in [0.25, 0.3) is 0 Å². The molecule has 0 aliphatic heterocycles. The van der Waals surface area contributed by atoms with E-state index in [1.54, 1.807) is 0 Å². The molecule has 1 saturated carbocycles. The largest absolute Gasteiger partial charge is 0.316 e. The standard InChI is InChI=1S/C18H25N3/c1-14(2)21-12-9-16(20-21)13-17(19-3)18(10-11-18)15-7-5-4-6-8-15/h4-9,12,14,17,19H,10-11,13H2,1-3H3. The lowest BCUT2D eigenvalue weighted by Gasteiger charge is -2.26. The van der Waals surface area contributed by atoms with E-state index in [1.165, 1.54) is 24.1 Å². The van der Waals surface area contributed by atoms with E-state index >= 15 is 0 Å². The molecule has 1 aliphatic rings. The third-order valence-corrected chi connectivity index (χ3v) is 4.76. The van der Waals surface area contributed by atoms with Gasteiger partial charge in [-0.1, -0.05) is 30.3 Å². The van der Waals surface area contributed by atoms with E-state index < -0.39 is 0 Å². The van der Waals surface area contributed by atoms with Crippen molar-refractivity contribution in [3.05, 3.63) is 53.9 Å². The van der Waals surface area contributed by atoms with Crippen molar-refractivity contribution in [2.24, 2.45) is 0 Å². The lowest BCUT2D eigenvalue weighted by Crippen LogP contribution is -2.39. The van der Waals surface area contributed by atoms with Gasteiger partial charge in [-0.15, -0.1) is 0 Å². The number of likely N-dealkylation sites (N-methyl/N-ethyl adjacent to an activating group) is 1. The van der Waals surface area contributed by atoms with E-state index in [0.29, 0.717) is 17.5 Å². The van der Waals surface area contributed by atoms with Crippen molar-refractivity contribution in [2.45, 2.75) is 50.6 Å². The first-order chi connectivity index (χ1) is 10.2. The Morgan fingerprint density at radius 1 is 1.19 bits per heavy atom. The number of hydrogen-bond donors (Lipinski definition) is 1. The number of rotatable bonds is 6. The molecule has 1 unspecified atom stereocenters. The minimum atomic E-state index is 0.303. The first-order valence-electron chi connectivity index (χ1n) is 7.92. The predicted molar refractivity (Wildman–Crippen MR) is 86.5 cm³/mol. The summed E-state index contributed by atoms with van der Waals surface area (Å²) in [6.07, 6.45) is 5.63. The van der Waals surface area contributed by atoms with Crippen LogP contribution in [0.15, 0.2) is 42.6 Å². The van der Waals surface area contributed by atoms with E-state index in [4.69, 9.17) is 5.10 Å². The Labute approximate surface area is 127 Å². The molecule has 0 spiro atoms. The number of aromatic nitrogens is 2. The molecule has 1 fully saturated rings. The molecule has 3 heteroatoms. The molecule has 0 saturated heterocycles. The van der Waals surface area contributed by atoms with Gasteiger partial charge in [-0.05, 0) is 45.4 Å². The van der Waals surface area contributed by atoms with E-state index in [1.807, 2.05) is 4.68 Å². The van der Waals surface area contributed by atoms with Gasteiger partial charge in [-0.2, -0.15) is 5.10 Å². The molecule has 0 bridgehead atoms. The minimum Gasteiger partial charge on any atom is -0.316 e. The molecular formula is C18H25N3. The molecule has 3 rings (SSSR count). The summed E-state index contributed by atoms with van der Waals surface area (Å²) in [7, 11) is 2.08. The molecule has 1 aromatic carbocycles. The average Bonchev–Trinajstić information content (AvgIpc) is 3.17. The summed E-state index contributed by atoms with van der Waals surface area (Å²) in [5, 5.41) is 8.25. The maximum atomic E-state index is 4.71. The van der Waals surface area contributed by atoms with Crippen molar-refractivity contribution >= 4 is 0 Å². The Morgan fingerprint density at radius 2 is 1.90 bits per heavy atom. The second-order valence-electron chi connectivity index (χ2n) is 6.45. The van der Waals surface area contributed by atoms with E-state index in [9.17, 15) is 0 Å². The van der Waals surface area contributed by atoms with Crippen LogP contribution < -0.4 is 5.32 Å². The maximum Gasteiger partial charge on any atom is 0.0640 e. The Kier molecular flexibility index (Phi) is 3.85. The quantitative estimate of drug-likeness (QED) is 0.881. The van der Waals surface area contributed by atoms with Gasteiger partial charge in [0.15, 0.2) is 0 Å². The van der Waals surface area contributed by atoms with Crippen LogP contribution in [0.1, 0.15) is 44.0 Å². The Balaban J connectivity index is 1.79. The lowest BCUT2D eigenvalue weighted by atomic mass is 9.85. The van der Waals surface area contributed by atoms with Crippen LogP contribution in [-0.2, 0) is 11.8 Å². The zero-order valence-electron chi connectivity index (χ0n) is 13.2. The van der Waals surface area contributed by atoms with Crippen molar-refractivity contribution in [2.75, 3.05) is 7.05 Å². The van der Waals surface area contributed by atoms with Gasteiger partial charge in [0.25, 0.3) is 0 Å². The molecule has 1 aromatic heterocycles. The summed E-state index contributed by atoms with van der Waals surface area (Å²) in [4.78, 5) is 0. The normalized spacial score (nSPS) is 17.9. The highest BCUT2D eigenvalue weighted by molar-refractivity contribution is 5.34. The zero-order valence-corrected chi connectivity index (χ0v) is 13.2. The summed E-state index contributed by atoms with van der Waals surface area (Å²) >= 11 is 0. The van der Waals surface area contributed by atoms with Crippen molar-refractivity contribution < 1.29 is 0 Å². The van der Waals surface area contributed by atoms with Gasteiger partial charge in [0.1, 0.15) is 0 Å². The molecule has 1 aliphatic carbocycles.